The molecule has 2 aromatic carbocycles. The van der Waals surface area contributed by atoms with E-state index in [9.17, 15) is 9.59 Å². The predicted molar refractivity (Wildman–Crippen MR) is 98.1 cm³/mol. The summed E-state index contributed by atoms with van der Waals surface area (Å²) in [6, 6.07) is 15.1. The van der Waals surface area contributed by atoms with Crippen LogP contribution in [0.5, 0.6) is 5.75 Å². The van der Waals surface area contributed by atoms with Crippen molar-refractivity contribution in [3.63, 3.8) is 0 Å². The number of amides is 1. The SMILES string of the molecule is NC(=O)c1ccc2c(c1)OC(C(=O)C1(c3ccccc3)CCC1)CNC2. The number of hydrogen-bond donors (Lipinski definition) is 2. The Morgan fingerprint density at radius 1 is 1.12 bits per heavy atom. The summed E-state index contributed by atoms with van der Waals surface area (Å²) in [5, 5.41) is 3.29. The van der Waals surface area contributed by atoms with Gasteiger partial charge in [-0.05, 0) is 30.5 Å². The third-order valence-electron chi connectivity index (χ3n) is 5.56. The van der Waals surface area contributed by atoms with E-state index >= 15 is 0 Å². The van der Waals surface area contributed by atoms with E-state index in [1.165, 1.54) is 0 Å². The Morgan fingerprint density at radius 2 is 1.88 bits per heavy atom. The molecule has 4 rings (SSSR count). The molecule has 0 bridgehead atoms. The quantitative estimate of drug-likeness (QED) is 0.887. The molecule has 1 aliphatic heterocycles. The summed E-state index contributed by atoms with van der Waals surface area (Å²) < 4.78 is 6.09. The zero-order valence-electron chi connectivity index (χ0n) is 14.5. The van der Waals surface area contributed by atoms with Crippen molar-refractivity contribution in [3.8, 4) is 5.75 Å². The van der Waals surface area contributed by atoms with Crippen LogP contribution in [0.3, 0.4) is 0 Å². The molecule has 1 amide bonds. The van der Waals surface area contributed by atoms with Gasteiger partial charge in [0, 0.05) is 24.2 Å². The van der Waals surface area contributed by atoms with Crippen LogP contribution in [-0.4, -0.2) is 24.3 Å². The first kappa shape index (κ1) is 16.8. The van der Waals surface area contributed by atoms with Crippen LogP contribution < -0.4 is 15.8 Å². The number of rotatable bonds is 4. The second-order valence-corrected chi connectivity index (χ2v) is 7.09. The van der Waals surface area contributed by atoms with Crippen LogP contribution in [-0.2, 0) is 16.8 Å². The minimum atomic E-state index is -0.583. The lowest BCUT2D eigenvalue weighted by molar-refractivity contribution is -0.134. The molecule has 0 radical (unpaired) electrons. The minimum absolute atomic E-state index is 0.111. The number of benzene rings is 2. The summed E-state index contributed by atoms with van der Waals surface area (Å²) in [5.74, 6) is 0.170. The smallest absolute Gasteiger partial charge is 0.248 e. The lowest BCUT2D eigenvalue weighted by atomic mass is 9.61. The highest BCUT2D eigenvalue weighted by Crippen LogP contribution is 2.45. The number of ether oxygens (including phenoxy) is 1. The van der Waals surface area contributed by atoms with Gasteiger partial charge in [0.05, 0.1) is 5.41 Å². The second-order valence-electron chi connectivity index (χ2n) is 7.09. The van der Waals surface area contributed by atoms with Crippen molar-refractivity contribution in [2.75, 3.05) is 6.54 Å². The van der Waals surface area contributed by atoms with Gasteiger partial charge in [-0.15, -0.1) is 0 Å². The fourth-order valence-corrected chi connectivity index (χ4v) is 3.92. The first-order valence-corrected chi connectivity index (χ1v) is 9.00. The Balaban J connectivity index is 1.64. The molecule has 0 aromatic heterocycles. The number of primary amides is 1. The normalized spacial score (nSPS) is 20.8. The van der Waals surface area contributed by atoms with E-state index in [0.717, 1.165) is 30.4 Å². The molecule has 5 heteroatoms. The van der Waals surface area contributed by atoms with Crippen molar-refractivity contribution in [1.82, 2.24) is 5.32 Å². The highest BCUT2D eigenvalue weighted by Gasteiger charge is 2.48. The highest BCUT2D eigenvalue weighted by molar-refractivity contribution is 5.95. The van der Waals surface area contributed by atoms with Crippen LogP contribution in [0.1, 0.15) is 40.7 Å². The molecule has 1 fully saturated rings. The molecule has 1 aliphatic carbocycles. The maximum absolute atomic E-state index is 13.4. The molecular weight excluding hydrogens is 328 g/mol. The van der Waals surface area contributed by atoms with Crippen LogP contribution in [0.15, 0.2) is 48.5 Å². The van der Waals surface area contributed by atoms with Crippen LogP contribution in [0.25, 0.3) is 0 Å². The molecule has 0 spiro atoms. The average Bonchev–Trinajstić information content (AvgIpc) is 2.83. The summed E-state index contributed by atoms with van der Waals surface area (Å²) >= 11 is 0. The average molecular weight is 350 g/mol. The van der Waals surface area contributed by atoms with Crippen molar-refractivity contribution >= 4 is 11.7 Å². The molecule has 1 atom stereocenters. The van der Waals surface area contributed by atoms with Gasteiger partial charge in [0.15, 0.2) is 11.9 Å². The number of fused-ring (bicyclic) bond motifs is 1. The van der Waals surface area contributed by atoms with E-state index in [0.29, 0.717) is 24.4 Å². The Hall–Kier alpha value is -2.66. The number of hydrogen-bond acceptors (Lipinski definition) is 4. The Morgan fingerprint density at radius 3 is 2.54 bits per heavy atom. The third-order valence-corrected chi connectivity index (χ3v) is 5.56. The van der Waals surface area contributed by atoms with Gasteiger partial charge in [0.1, 0.15) is 5.75 Å². The molecule has 2 aromatic rings. The third kappa shape index (κ3) is 2.78. The first-order valence-electron chi connectivity index (χ1n) is 9.00. The molecule has 26 heavy (non-hydrogen) atoms. The van der Waals surface area contributed by atoms with Crippen LogP contribution in [0, 0.1) is 0 Å². The Labute approximate surface area is 152 Å². The molecule has 134 valence electrons. The highest BCUT2D eigenvalue weighted by atomic mass is 16.5. The van der Waals surface area contributed by atoms with E-state index in [2.05, 4.69) is 5.32 Å². The first-order chi connectivity index (χ1) is 12.6. The van der Waals surface area contributed by atoms with Crippen LogP contribution in [0.4, 0.5) is 0 Å². The summed E-state index contributed by atoms with van der Waals surface area (Å²) in [6.45, 7) is 1.05. The molecule has 1 unspecified atom stereocenters. The molecular formula is C21H22N2O3. The van der Waals surface area contributed by atoms with Crippen LogP contribution >= 0.6 is 0 Å². The molecule has 1 heterocycles. The van der Waals surface area contributed by atoms with Gasteiger partial charge in [-0.25, -0.2) is 0 Å². The Bertz CT molecular complexity index is 844. The fraction of sp³-hybridized carbons (Fsp3) is 0.333. The zero-order chi connectivity index (χ0) is 18.1. The van der Waals surface area contributed by atoms with Crippen molar-refractivity contribution in [3.05, 3.63) is 65.2 Å². The number of carbonyl (C=O) groups excluding carboxylic acids is 2. The van der Waals surface area contributed by atoms with Gasteiger partial charge < -0.3 is 15.8 Å². The molecule has 3 N–H and O–H groups in total. The zero-order valence-corrected chi connectivity index (χ0v) is 14.5. The van der Waals surface area contributed by atoms with E-state index in [1.54, 1.807) is 12.1 Å². The van der Waals surface area contributed by atoms with E-state index in [1.807, 2.05) is 36.4 Å². The maximum atomic E-state index is 13.4. The maximum Gasteiger partial charge on any atom is 0.248 e. The topological polar surface area (TPSA) is 81.4 Å². The van der Waals surface area contributed by atoms with Gasteiger partial charge in [-0.2, -0.15) is 0 Å². The van der Waals surface area contributed by atoms with Gasteiger partial charge in [-0.1, -0.05) is 42.8 Å². The van der Waals surface area contributed by atoms with Gasteiger partial charge in [0.2, 0.25) is 5.91 Å². The van der Waals surface area contributed by atoms with Crippen molar-refractivity contribution < 1.29 is 14.3 Å². The minimum Gasteiger partial charge on any atom is -0.481 e. The number of Topliss-reactive ketones (excluding diaryl/α,β-unsaturated/α-hetero) is 1. The van der Waals surface area contributed by atoms with E-state index in [-0.39, 0.29) is 5.78 Å². The number of carbonyl (C=O) groups is 2. The molecule has 2 aliphatic rings. The second kappa shape index (κ2) is 6.57. The van der Waals surface area contributed by atoms with Gasteiger partial charge in [0.25, 0.3) is 0 Å². The predicted octanol–water partition coefficient (Wildman–Crippen LogP) is 2.33. The monoisotopic (exact) mass is 350 g/mol. The summed E-state index contributed by atoms with van der Waals surface area (Å²) in [4.78, 5) is 24.9. The van der Waals surface area contributed by atoms with Crippen molar-refractivity contribution in [2.45, 2.75) is 37.3 Å². The standard InChI is InChI=1S/C21H22N2O3/c22-20(25)14-7-8-15-12-23-13-18(26-17(15)11-14)19(24)21(9-4-10-21)16-5-2-1-3-6-16/h1-3,5-8,11,18,23H,4,9-10,12-13H2,(H2,22,25). The van der Waals surface area contributed by atoms with E-state index in [4.69, 9.17) is 10.5 Å². The lowest BCUT2D eigenvalue weighted by Gasteiger charge is -2.42. The largest absolute Gasteiger partial charge is 0.481 e. The Kier molecular flexibility index (Phi) is 4.24. The molecule has 1 saturated carbocycles. The summed E-state index contributed by atoms with van der Waals surface area (Å²) in [7, 11) is 0. The van der Waals surface area contributed by atoms with Crippen molar-refractivity contribution in [1.29, 1.82) is 0 Å². The number of ketones is 1. The number of nitrogens with two attached hydrogens (primary N) is 1. The van der Waals surface area contributed by atoms with E-state index < -0.39 is 17.4 Å². The van der Waals surface area contributed by atoms with Gasteiger partial charge >= 0.3 is 0 Å². The van der Waals surface area contributed by atoms with Crippen molar-refractivity contribution in [2.24, 2.45) is 5.73 Å². The lowest BCUT2D eigenvalue weighted by Crippen LogP contribution is -2.51. The molecule has 0 saturated heterocycles. The van der Waals surface area contributed by atoms with Crippen LogP contribution in [0.2, 0.25) is 0 Å². The fourth-order valence-electron chi connectivity index (χ4n) is 3.92. The van der Waals surface area contributed by atoms with Gasteiger partial charge in [-0.3, -0.25) is 9.59 Å². The summed E-state index contributed by atoms with van der Waals surface area (Å²) in [6.07, 6.45) is 2.16. The summed E-state index contributed by atoms with van der Waals surface area (Å²) in [5.41, 5.74) is 7.30. The number of nitrogens with one attached hydrogen (secondary N) is 1. The molecule has 5 nitrogen and oxygen atoms in total.